The smallest absolute Gasteiger partial charge is 0.0570 e. The summed E-state index contributed by atoms with van der Waals surface area (Å²) in [5, 5.41) is 7.61. The molecule has 2 aromatic heterocycles. The molecule has 0 aromatic carbocycles. The zero-order valence-electron chi connectivity index (χ0n) is 10.3. The number of hydrogen-bond donors (Lipinski definition) is 1. The fraction of sp³-hybridized carbons (Fsp3) is 0.385. The van der Waals surface area contributed by atoms with Crippen LogP contribution in [0.15, 0.2) is 36.8 Å². The van der Waals surface area contributed by atoms with E-state index in [1.54, 1.807) is 0 Å². The molecule has 17 heavy (non-hydrogen) atoms. The lowest BCUT2D eigenvalue weighted by atomic mass is 10.2. The molecule has 0 aliphatic carbocycles. The molecule has 4 nitrogen and oxygen atoms in total. The summed E-state index contributed by atoms with van der Waals surface area (Å²) in [6.45, 7) is 3.06. The van der Waals surface area contributed by atoms with E-state index >= 15 is 0 Å². The first-order valence-corrected chi connectivity index (χ1v) is 5.87. The van der Waals surface area contributed by atoms with Crippen molar-refractivity contribution in [3.8, 4) is 0 Å². The highest BCUT2D eigenvalue weighted by Gasteiger charge is 2.05. The summed E-state index contributed by atoms with van der Waals surface area (Å²) in [6.07, 6.45) is 6.78. The maximum absolute atomic E-state index is 4.33. The van der Waals surface area contributed by atoms with Gasteiger partial charge >= 0.3 is 0 Å². The fourth-order valence-electron chi connectivity index (χ4n) is 1.77. The Labute approximate surface area is 102 Å². The van der Waals surface area contributed by atoms with Gasteiger partial charge < -0.3 is 5.32 Å². The van der Waals surface area contributed by atoms with Crippen LogP contribution in [0.3, 0.4) is 0 Å². The molecule has 0 amide bonds. The molecule has 0 aliphatic rings. The largest absolute Gasteiger partial charge is 0.309 e. The molecule has 0 saturated heterocycles. The van der Waals surface area contributed by atoms with Gasteiger partial charge in [0.15, 0.2) is 0 Å². The van der Waals surface area contributed by atoms with Gasteiger partial charge in [-0.3, -0.25) is 9.67 Å². The molecule has 0 spiro atoms. The first kappa shape index (κ1) is 11.8. The third kappa shape index (κ3) is 3.39. The summed E-state index contributed by atoms with van der Waals surface area (Å²) in [5.41, 5.74) is 2.34. The van der Waals surface area contributed by atoms with Gasteiger partial charge in [0.25, 0.3) is 0 Å². The average Bonchev–Trinajstić information content (AvgIpc) is 2.76. The van der Waals surface area contributed by atoms with Gasteiger partial charge in [-0.05, 0) is 37.6 Å². The van der Waals surface area contributed by atoms with E-state index in [0.29, 0.717) is 0 Å². The van der Waals surface area contributed by atoms with E-state index in [1.165, 1.54) is 5.56 Å². The molecule has 0 aliphatic heterocycles. The molecular weight excluding hydrogens is 212 g/mol. The van der Waals surface area contributed by atoms with Crippen LogP contribution in [0.1, 0.15) is 24.2 Å². The average molecular weight is 230 g/mol. The third-order valence-electron chi connectivity index (χ3n) is 2.75. The number of rotatable bonds is 5. The van der Waals surface area contributed by atoms with Crippen molar-refractivity contribution >= 4 is 0 Å². The zero-order valence-corrected chi connectivity index (χ0v) is 10.3. The van der Waals surface area contributed by atoms with Gasteiger partial charge in [-0.2, -0.15) is 5.10 Å². The Morgan fingerprint density at radius 3 is 2.94 bits per heavy atom. The van der Waals surface area contributed by atoms with E-state index in [9.17, 15) is 0 Å². The maximum Gasteiger partial charge on any atom is 0.0570 e. The second-order valence-corrected chi connectivity index (χ2v) is 4.20. The van der Waals surface area contributed by atoms with Crippen LogP contribution in [0.2, 0.25) is 0 Å². The standard InChI is InChI=1S/C13H18N4/c1-11(13-5-3-4-7-15-13)14-8-6-12-9-16-17(2)10-12/h3-5,7,9-11,14H,6,8H2,1-2H3/t11-/m0/s1. The zero-order chi connectivity index (χ0) is 12.1. The van der Waals surface area contributed by atoms with Gasteiger partial charge in [-0.1, -0.05) is 6.07 Å². The number of aromatic nitrogens is 3. The first-order valence-electron chi connectivity index (χ1n) is 5.87. The van der Waals surface area contributed by atoms with Crippen LogP contribution < -0.4 is 5.32 Å². The predicted molar refractivity (Wildman–Crippen MR) is 67.6 cm³/mol. The molecule has 2 aromatic rings. The van der Waals surface area contributed by atoms with E-state index in [4.69, 9.17) is 0 Å². The molecule has 1 N–H and O–H groups in total. The lowest BCUT2D eigenvalue weighted by Crippen LogP contribution is -2.21. The summed E-state index contributed by atoms with van der Waals surface area (Å²) >= 11 is 0. The first-order chi connectivity index (χ1) is 8.25. The summed E-state index contributed by atoms with van der Waals surface area (Å²) in [4.78, 5) is 4.33. The molecule has 0 unspecified atom stereocenters. The molecular formula is C13H18N4. The van der Waals surface area contributed by atoms with Crippen molar-refractivity contribution in [2.24, 2.45) is 7.05 Å². The quantitative estimate of drug-likeness (QED) is 0.850. The van der Waals surface area contributed by atoms with Crippen LogP contribution in [-0.2, 0) is 13.5 Å². The van der Waals surface area contributed by atoms with Crippen LogP contribution >= 0.6 is 0 Å². The monoisotopic (exact) mass is 230 g/mol. The third-order valence-corrected chi connectivity index (χ3v) is 2.75. The number of nitrogens with one attached hydrogen (secondary N) is 1. The SMILES string of the molecule is C[C@H](NCCc1cnn(C)c1)c1ccccn1. The minimum Gasteiger partial charge on any atom is -0.309 e. The Balaban J connectivity index is 1.79. The summed E-state index contributed by atoms with van der Waals surface area (Å²) in [7, 11) is 1.94. The van der Waals surface area contributed by atoms with Gasteiger partial charge in [0.2, 0.25) is 0 Å². The molecule has 2 rings (SSSR count). The Morgan fingerprint density at radius 1 is 1.41 bits per heavy atom. The molecule has 0 radical (unpaired) electrons. The number of hydrogen-bond acceptors (Lipinski definition) is 3. The summed E-state index contributed by atoms with van der Waals surface area (Å²) in [6, 6.07) is 6.28. The molecule has 4 heteroatoms. The summed E-state index contributed by atoms with van der Waals surface area (Å²) < 4.78 is 1.83. The summed E-state index contributed by atoms with van der Waals surface area (Å²) in [5.74, 6) is 0. The van der Waals surface area contributed by atoms with Crippen molar-refractivity contribution in [3.63, 3.8) is 0 Å². The predicted octanol–water partition coefficient (Wildman–Crippen LogP) is 1.71. The van der Waals surface area contributed by atoms with Crippen LogP contribution in [0.25, 0.3) is 0 Å². The van der Waals surface area contributed by atoms with Gasteiger partial charge in [0, 0.05) is 25.5 Å². The van der Waals surface area contributed by atoms with E-state index in [1.807, 2.05) is 48.5 Å². The van der Waals surface area contributed by atoms with Crippen LogP contribution in [0, 0.1) is 0 Å². The second kappa shape index (κ2) is 5.59. The lowest BCUT2D eigenvalue weighted by molar-refractivity contribution is 0.564. The van der Waals surface area contributed by atoms with Gasteiger partial charge in [-0.15, -0.1) is 0 Å². The molecule has 0 bridgehead atoms. The molecule has 1 atom stereocenters. The van der Waals surface area contributed by atoms with Gasteiger partial charge in [0.05, 0.1) is 11.9 Å². The fourth-order valence-corrected chi connectivity index (χ4v) is 1.77. The topological polar surface area (TPSA) is 42.7 Å². The van der Waals surface area contributed by atoms with Crippen molar-refractivity contribution < 1.29 is 0 Å². The van der Waals surface area contributed by atoms with E-state index in [2.05, 4.69) is 22.3 Å². The Kier molecular flexibility index (Phi) is 3.88. The molecule has 0 fully saturated rings. The van der Waals surface area contributed by atoms with Crippen LogP contribution in [0.4, 0.5) is 0 Å². The van der Waals surface area contributed by atoms with Gasteiger partial charge in [-0.25, -0.2) is 0 Å². The van der Waals surface area contributed by atoms with Crippen molar-refractivity contribution in [1.29, 1.82) is 0 Å². The van der Waals surface area contributed by atoms with Gasteiger partial charge in [0.1, 0.15) is 0 Å². The van der Waals surface area contributed by atoms with Crippen molar-refractivity contribution in [1.82, 2.24) is 20.1 Å². The molecule has 2 heterocycles. The molecule has 90 valence electrons. The van der Waals surface area contributed by atoms with Crippen LogP contribution in [-0.4, -0.2) is 21.3 Å². The number of aryl methyl sites for hydroxylation is 1. The lowest BCUT2D eigenvalue weighted by Gasteiger charge is -2.12. The van der Waals surface area contributed by atoms with Crippen molar-refractivity contribution in [2.45, 2.75) is 19.4 Å². The van der Waals surface area contributed by atoms with E-state index in [-0.39, 0.29) is 6.04 Å². The highest BCUT2D eigenvalue weighted by molar-refractivity contribution is 5.08. The Bertz CT molecular complexity index is 449. The highest BCUT2D eigenvalue weighted by Crippen LogP contribution is 2.07. The Hall–Kier alpha value is -1.68. The maximum atomic E-state index is 4.33. The van der Waals surface area contributed by atoms with Crippen molar-refractivity contribution in [2.75, 3.05) is 6.54 Å². The number of nitrogens with zero attached hydrogens (tertiary/aromatic N) is 3. The van der Waals surface area contributed by atoms with E-state index < -0.39 is 0 Å². The number of pyridine rings is 1. The minimum absolute atomic E-state index is 0.285. The highest BCUT2D eigenvalue weighted by atomic mass is 15.2. The Morgan fingerprint density at radius 2 is 2.29 bits per heavy atom. The second-order valence-electron chi connectivity index (χ2n) is 4.20. The molecule has 0 saturated carbocycles. The van der Waals surface area contributed by atoms with Crippen LogP contribution in [0.5, 0.6) is 0 Å². The normalized spacial score (nSPS) is 12.6. The van der Waals surface area contributed by atoms with Crippen molar-refractivity contribution in [3.05, 3.63) is 48.0 Å². The van der Waals surface area contributed by atoms with E-state index in [0.717, 1.165) is 18.7 Å². The minimum atomic E-state index is 0.285.